The second-order valence-electron chi connectivity index (χ2n) is 9.56. The zero-order chi connectivity index (χ0) is 25.6. The Morgan fingerprint density at radius 2 is 1.64 bits per heavy atom. The Balaban J connectivity index is 1.46. The molecule has 11 heteroatoms. The lowest BCUT2D eigenvalue weighted by atomic mass is 9.91. The molecule has 2 aliphatic heterocycles. The fourth-order valence-corrected chi connectivity index (χ4v) is 9.80. The van der Waals surface area contributed by atoms with Gasteiger partial charge in [0.25, 0.3) is 11.4 Å². The van der Waals surface area contributed by atoms with Gasteiger partial charge in [0.15, 0.2) is 0 Å². The summed E-state index contributed by atoms with van der Waals surface area (Å²) in [4.78, 5) is 26.0. The highest BCUT2D eigenvalue weighted by Gasteiger charge is 2.38. The Morgan fingerprint density at radius 1 is 1.03 bits per heavy atom. The highest BCUT2D eigenvalue weighted by molar-refractivity contribution is 8.86. The number of anilines is 1. The van der Waals surface area contributed by atoms with Crippen molar-refractivity contribution >= 4 is 59.9 Å². The number of thioether (sulfide) groups is 1. The van der Waals surface area contributed by atoms with Gasteiger partial charge in [-0.15, -0.1) is 0 Å². The van der Waals surface area contributed by atoms with Crippen molar-refractivity contribution in [3.05, 3.63) is 90.2 Å². The van der Waals surface area contributed by atoms with Crippen LogP contribution in [0.1, 0.15) is 40.0 Å². The van der Waals surface area contributed by atoms with E-state index in [-0.39, 0.29) is 36.3 Å². The minimum Gasteiger partial charge on any atom is -0.258 e. The largest absolute Gasteiger partial charge is 0.269 e. The molecular formula is C25H24N4O4S3. The minimum absolute atomic E-state index is 0.0682. The number of non-ortho nitro benzene ring substituents is 2. The number of hydrogen-bond donors (Lipinski definition) is 0. The molecule has 3 aliphatic rings. The van der Waals surface area contributed by atoms with E-state index in [2.05, 4.69) is 26.8 Å². The van der Waals surface area contributed by atoms with Gasteiger partial charge in [0.1, 0.15) is 0 Å². The van der Waals surface area contributed by atoms with Crippen molar-refractivity contribution in [3.63, 3.8) is 0 Å². The van der Waals surface area contributed by atoms with E-state index in [0.717, 1.165) is 35.6 Å². The number of nitro groups is 2. The van der Waals surface area contributed by atoms with E-state index < -0.39 is 0 Å². The molecule has 1 fully saturated rings. The number of nitrogens with zero attached hydrogens (tertiary/aromatic N) is 4. The lowest BCUT2D eigenvalue weighted by Crippen LogP contribution is -2.18. The molecule has 0 amide bonds. The van der Waals surface area contributed by atoms with E-state index in [4.69, 9.17) is 5.10 Å². The topological polar surface area (TPSA) is 102 Å². The summed E-state index contributed by atoms with van der Waals surface area (Å²) in [5.74, 6) is 0. The molecule has 0 aromatic heterocycles. The monoisotopic (exact) mass is 540 g/mol. The molecule has 2 heterocycles. The van der Waals surface area contributed by atoms with E-state index in [1.165, 1.54) is 32.4 Å². The van der Waals surface area contributed by atoms with Crippen LogP contribution in [-0.4, -0.2) is 20.4 Å². The Kier molecular flexibility index (Phi) is 6.56. The van der Waals surface area contributed by atoms with Gasteiger partial charge >= 0.3 is 0 Å². The molecule has 1 atom stereocenters. The van der Waals surface area contributed by atoms with Gasteiger partial charge in [0, 0.05) is 43.8 Å². The second-order valence-corrected chi connectivity index (χ2v) is 14.0. The molecule has 1 saturated carbocycles. The van der Waals surface area contributed by atoms with Crippen molar-refractivity contribution in [2.24, 2.45) is 10.5 Å². The van der Waals surface area contributed by atoms with Gasteiger partial charge in [-0.05, 0) is 76.3 Å². The summed E-state index contributed by atoms with van der Waals surface area (Å²) in [5, 5.41) is 27.0. The fourth-order valence-electron chi connectivity index (χ4n) is 4.06. The summed E-state index contributed by atoms with van der Waals surface area (Å²) in [5.41, 5.74) is 3.36. The second kappa shape index (κ2) is 9.53. The summed E-state index contributed by atoms with van der Waals surface area (Å²) in [6, 6.07) is 13.3. The predicted molar refractivity (Wildman–Crippen MR) is 151 cm³/mol. The van der Waals surface area contributed by atoms with Crippen molar-refractivity contribution in [3.8, 4) is 0 Å². The smallest absolute Gasteiger partial charge is 0.258 e. The third-order valence-corrected chi connectivity index (χ3v) is 11.5. The molecule has 36 heavy (non-hydrogen) atoms. The van der Waals surface area contributed by atoms with Crippen LogP contribution >= 0.6 is 32.3 Å². The molecular weight excluding hydrogens is 517 g/mol. The normalized spacial score (nSPS) is 19.5. The molecule has 0 bridgehead atoms. The molecule has 2 aromatic rings. The van der Waals surface area contributed by atoms with Crippen molar-refractivity contribution < 1.29 is 9.85 Å². The molecule has 2 aromatic carbocycles. The molecule has 8 nitrogen and oxygen atoms in total. The molecule has 5 rings (SSSR count). The number of hydrazone groups is 1. The Labute approximate surface area is 219 Å². The molecule has 1 unspecified atom stereocenters. The predicted octanol–water partition coefficient (Wildman–Crippen LogP) is 7.86. The van der Waals surface area contributed by atoms with E-state index in [9.17, 15) is 20.2 Å². The summed E-state index contributed by atoms with van der Waals surface area (Å²) in [6.45, 7) is 6.53. The van der Waals surface area contributed by atoms with Gasteiger partial charge in [-0.25, -0.2) is 4.41 Å². The Hall–Kier alpha value is -2.89. The van der Waals surface area contributed by atoms with Gasteiger partial charge in [0.2, 0.25) is 0 Å². The molecule has 0 radical (unpaired) electrons. The number of allylic oxidation sites excluding steroid dienone is 3. The van der Waals surface area contributed by atoms with E-state index in [0.29, 0.717) is 0 Å². The van der Waals surface area contributed by atoms with Crippen LogP contribution in [-0.2, 0) is 0 Å². The summed E-state index contributed by atoms with van der Waals surface area (Å²) in [7, 11) is 1.48. The highest BCUT2D eigenvalue weighted by atomic mass is 33.1. The first-order valence-electron chi connectivity index (χ1n) is 11.4. The number of rotatable bonds is 6. The van der Waals surface area contributed by atoms with Crippen LogP contribution in [0.4, 0.5) is 17.1 Å². The minimum atomic E-state index is -0.389. The van der Waals surface area contributed by atoms with E-state index in [1.54, 1.807) is 59.0 Å². The van der Waals surface area contributed by atoms with Gasteiger partial charge in [-0.1, -0.05) is 32.5 Å². The maximum Gasteiger partial charge on any atom is 0.269 e. The van der Waals surface area contributed by atoms with Gasteiger partial charge < -0.3 is 0 Å². The van der Waals surface area contributed by atoms with E-state index >= 15 is 0 Å². The van der Waals surface area contributed by atoms with Crippen molar-refractivity contribution in [1.29, 1.82) is 0 Å². The zero-order valence-corrected chi connectivity index (χ0v) is 22.4. The third-order valence-electron chi connectivity index (χ3n) is 5.94. The molecule has 0 spiro atoms. The van der Waals surface area contributed by atoms with Crippen LogP contribution in [0.5, 0.6) is 0 Å². The number of nitro benzene ring substituents is 2. The Morgan fingerprint density at radius 3 is 2.22 bits per heavy atom. The van der Waals surface area contributed by atoms with E-state index in [1.807, 2.05) is 4.41 Å². The maximum atomic E-state index is 11.1. The first-order valence-corrected chi connectivity index (χ1v) is 14.7. The van der Waals surface area contributed by atoms with Gasteiger partial charge in [-0.2, -0.15) is 5.10 Å². The Bertz CT molecular complexity index is 1390. The van der Waals surface area contributed by atoms with Crippen molar-refractivity contribution in [2.75, 3.05) is 4.41 Å². The van der Waals surface area contributed by atoms with Crippen LogP contribution in [0.25, 0.3) is 0 Å². The molecule has 186 valence electrons. The van der Waals surface area contributed by atoms with Crippen LogP contribution in [0.3, 0.4) is 0 Å². The van der Waals surface area contributed by atoms with Gasteiger partial charge in [0.05, 0.1) is 26.1 Å². The van der Waals surface area contributed by atoms with Crippen molar-refractivity contribution in [2.45, 2.75) is 44.9 Å². The molecule has 0 saturated heterocycles. The lowest BCUT2D eigenvalue weighted by Gasteiger charge is -2.24. The number of hydrogen-bond acceptors (Lipinski definition) is 8. The summed E-state index contributed by atoms with van der Waals surface area (Å²) >= 11 is 1.64. The van der Waals surface area contributed by atoms with Crippen LogP contribution in [0.15, 0.2) is 80.0 Å². The van der Waals surface area contributed by atoms with Gasteiger partial charge in [-0.3, -0.25) is 20.2 Å². The van der Waals surface area contributed by atoms with Crippen LogP contribution < -0.4 is 4.41 Å². The fraction of sp³-hybridized carbons (Fsp3) is 0.280. The summed E-state index contributed by atoms with van der Waals surface area (Å²) in [6.07, 6.45) is 5.26. The van der Waals surface area contributed by atoms with Crippen LogP contribution in [0.2, 0.25) is 0 Å². The average molecular weight is 541 g/mol. The highest BCUT2D eigenvalue weighted by Crippen LogP contribution is 2.58. The SMILES string of the molecule is CC(C)(C)/C(=C/C1=C2CCCC3=NN(c4ccc([N+](=O)[O-])cc4)S(=C32)S1)Sc1ccc([N+](=O)[O-])cc1. The lowest BCUT2D eigenvalue weighted by molar-refractivity contribution is -0.385. The standard InChI is InChI=1S/C25H24N4O4S3/c1-25(2,3)23(34-19-13-11-18(12-14-19)29(32)33)15-22-20-5-4-6-21-24(20)36(35-22)27(26-21)16-7-9-17(10-8-16)28(30)31/h7-15H,4-6H2,1-3H3/b23-15-. The summed E-state index contributed by atoms with van der Waals surface area (Å²) < 4.78 is 2.02. The molecule has 0 N–H and O–H groups in total. The first kappa shape index (κ1) is 24.8. The van der Waals surface area contributed by atoms with Crippen LogP contribution in [0, 0.1) is 25.6 Å². The maximum absolute atomic E-state index is 11.1. The van der Waals surface area contributed by atoms with Crippen molar-refractivity contribution in [1.82, 2.24) is 0 Å². The zero-order valence-electron chi connectivity index (χ0n) is 20.0. The third kappa shape index (κ3) is 4.74. The average Bonchev–Trinajstić information content (AvgIpc) is 3.39. The number of benzene rings is 2. The quantitative estimate of drug-likeness (QED) is 0.121. The molecule has 1 aliphatic carbocycles. The first-order chi connectivity index (χ1) is 17.1.